The molecule has 3 aromatic rings. The first kappa shape index (κ1) is 17.5. The largest absolute Gasteiger partial charge is 0.323 e. The number of nitrogens with one attached hydrogen (secondary N) is 1. The number of anilines is 1. The highest BCUT2D eigenvalue weighted by molar-refractivity contribution is 8.00. The molecule has 0 bridgehead atoms. The molecule has 1 N–H and O–H groups in total. The average Bonchev–Trinajstić information content (AvgIpc) is 2.84. The van der Waals surface area contributed by atoms with Gasteiger partial charge < -0.3 is 5.32 Å². The van der Waals surface area contributed by atoms with Crippen molar-refractivity contribution in [1.82, 2.24) is 9.97 Å². The minimum absolute atomic E-state index is 0.189. The summed E-state index contributed by atoms with van der Waals surface area (Å²) in [4.78, 5) is 23.0. The maximum Gasteiger partial charge on any atom is 0.234 e. The molecule has 2 heterocycles. The van der Waals surface area contributed by atoms with Crippen LogP contribution in [0.25, 0.3) is 10.2 Å². The molecular formula is C16H13Cl2N3OS2. The van der Waals surface area contributed by atoms with Crippen LogP contribution in [0.5, 0.6) is 0 Å². The molecule has 4 nitrogen and oxygen atoms in total. The van der Waals surface area contributed by atoms with Gasteiger partial charge >= 0.3 is 0 Å². The number of fused-ring (bicyclic) bond motifs is 1. The van der Waals surface area contributed by atoms with Gasteiger partial charge in [0.15, 0.2) is 0 Å². The standard InChI is InChI=1S/C16H13Cl2N3OS2/c1-8-9(2)24-16-13(8)15(19-7-20-16)23-6-12(22)21-14-10(17)4-3-5-11(14)18/h3-5,7H,6H2,1-2H3,(H,21,22). The van der Waals surface area contributed by atoms with Gasteiger partial charge in [0.1, 0.15) is 16.2 Å². The summed E-state index contributed by atoms with van der Waals surface area (Å²) in [7, 11) is 0. The number of nitrogens with zero attached hydrogens (tertiary/aromatic N) is 2. The van der Waals surface area contributed by atoms with Gasteiger partial charge in [0.05, 0.1) is 21.5 Å². The number of aryl methyl sites for hydroxylation is 2. The van der Waals surface area contributed by atoms with Crippen LogP contribution in [0.1, 0.15) is 10.4 Å². The molecule has 2 aromatic heterocycles. The summed E-state index contributed by atoms with van der Waals surface area (Å²) in [5.41, 5.74) is 1.59. The van der Waals surface area contributed by atoms with Crippen molar-refractivity contribution in [3.8, 4) is 0 Å². The van der Waals surface area contributed by atoms with Gasteiger partial charge in [-0.15, -0.1) is 11.3 Å². The van der Waals surface area contributed by atoms with Crippen LogP contribution in [0.15, 0.2) is 29.6 Å². The molecule has 0 aliphatic heterocycles. The van der Waals surface area contributed by atoms with Crippen LogP contribution in [0.3, 0.4) is 0 Å². The highest BCUT2D eigenvalue weighted by Gasteiger charge is 2.15. The predicted molar refractivity (Wildman–Crippen MR) is 103 cm³/mol. The maximum atomic E-state index is 12.2. The van der Waals surface area contributed by atoms with E-state index in [9.17, 15) is 4.79 Å². The summed E-state index contributed by atoms with van der Waals surface area (Å²) in [5, 5.41) is 5.40. The lowest BCUT2D eigenvalue weighted by Gasteiger charge is -2.09. The Balaban J connectivity index is 1.75. The van der Waals surface area contributed by atoms with Crippen LogP contribution in [0.2, 0.25) is 10.0 Å². The smallest absolute Gasteiger partial charge is 0.234 e. The summed E-state index contributed by atoms with van der Waals surface area (Å²) >= 11 is 15.1. The molecule has 0 saturated carbocycles. The maximum absolute atomic E-state index is 12.2. The van der Waals surface area contributed by atoms with Crippen molar-refractivity contribution in [2.24, 2.45) is 0 Å². The van der Waals surface area contributed by atoms with Crippen LogP contribution in [-0.4, -0.2) is 21.6 Å². The Labute approximate surface area is 157 Å². The topological polar surface area (TPSA) is 54.9 Å². The lowest BCUT2D eigenvalue weighted by Crippen LogP contribution is -2.14. The average molecular weight is 398 g/mol. The molecule has 1 aromatic carbocycles. The van der Waals surface area contributed by atoms with Gasteiger partial charge in [0, 0.05) is 10.3 Å². The molecular weight excluding hydrogens is 385 g/mol. The minimum Gasteiger partial charge on any atom is -0.323 e. The SMILES string of the molecule is Cc1sc2ncnc(SCC(=O)Nc3c(Cl)cccc3Cl)c2c1C. The zero-order valence-electron chi connectivity index (χ0n) is 12.9. The fourth-order valence-corrected chi connectivity index (χ4v) is 4.60. The number of amides is 1. The Morgan fingerprint density at radius 1 is 1.25 bits per heavy atom. The first-order chi connectivity index (χ1) is 11.5. The summed E-state index contributed by atoms with van der Waals surface area (Å²) in [6.45, 7) is 4.10. The molecule has 24 heavy (non-hydrogen) atoms. The summed E-state index contributed by atoms with van der Waals surface area (Å²) in [6, 6.07) is 5.09. The fourth-order valence-electron chi connectivity index (χ4n) is 2.19. The normalized spacial score (nSPS) is 11.0. The molecule has 0 aliphatic rings. The molecule has 0 atom stereocenters. The van der Waals surface area contributed by atoms with Crippen molar-refractivity contribution >= 4 is 68.1 Å². The van der Waals surface area contributed by atoms with E-state index in [1.165, 1.54) is 23.0 Å². The Bertz CT molecular complexity index is 907. The lowest BCUT2D eigenvalue weighted by molar-refractivity contribution is -0.113. The van der Waals surface area contributed by atoms with E-state index in [-0.39, 0.29) is 11.7 Å². The van der Waals surface area contributed by atoms with E-state index in [2.05, 4.69) is 22.2 Å². The van der Waals surface area contributed by atoms with E-state index < -0.39 is 0 Å². The van der Waals surface area contributed by atoms with Crippen molar-refractivity contribution < 1.29 is 4.79 Å². The highest BCUT2D eigenvalue weighted by Crippen LogP contribution is 2.35. The molecule has 0 unspecified atom stereocenters. The number of para-hydroxylation sites is 1. The number of thioether (sulfide) groups is 1. The van der Waals surface area contributed by atoms with E-state index in [0.717, 1.165) is 20.8 Å². The van der Waals surface area contributed by atoms with Crippen molar-refractivity contribution in [3.63, 3.8) is 0 Å². The molecule has 0 spiro atoms. The predicted octanol–water partition coefficient (Wildman–Crippen LogP) is 5.35. The van der Waals surface area contributed by atoms with Crippen LogP contribution >= 0.6 is 46.3 Å². The van der Waals surface area contributed by atoms with Crippen molar-refractivity contribution in [3.05, 3.63) is 45.0 Å². The van der Waals surface area contributed by atoms with Crippen molar-refractivity contribution in [2.75, 3.05) is 11.1 Å². The summed E-state index contributed by atoms with van der Waals surface area (Å²) in [5.74, 6) is 0.0218. The number of aromatic nitrogens is 2. The quantitative estimate of drug-likeness (QED) is 0.476. The molecule has 124 valence electrons. The number of carbonyl (C=O) groups is 1. The number of thiophene rings is 1. The third-order valence-electron chi connectivity index (χ3n) is 3.50. The third kappa shape index (κ3) is 3.52. The van der Waals surface area contributed by atoms with E-state index in [1.54, 1.807) is 29.5 Å². The summed E-state index contributed by atoms with van der Waals surface area (Å²) in [6.07, 6.45) is 1.53. The van der Waals surface area contributed by atoms with Crippen molar-refractivity contribution in [2.45, 2.75) is 18.9 Å². The van der Waals surface area contributed by atoms with E-state index >= 15 is 0 Å². The highest BCUT2D eigenvalue weighted by atomic mass is 35.5. The minimum atomic E-state index is -0.189. The van der Waals surface area contributed by atoms with Gasteiger partial charge in [0.2, 0.25) is 5.91 Å². The van der Waals surface area contributed by atoms with E-state index in [1.807, 2.05) is 6.92 Å². The van der Waals surface area contributed by atoms with Gasteiger partial charge in [-0.3, -0.25) is 4.79 Å². The zero-order valence-corrected chi connectivity index (χ0v) is 16.0. The Hall–Kier alpha value is -1.34. The van der Waals surface area contributed by atoms with Crippen LogP contribution in [0, 0.1) is 13.8 Å². The monoisotopic (exact) mass is 397 g/mol. The van der Waals surface area contributed by atoms with Crippen molar-refractivity contribution in [1.29, 1.82) is 0 Å². The molecule has 0 saturated heterocycles. The molecule has 0 aliphatic carbocycles. The molecule has 0 fully saturated rings. The van der Waals surface area contributed by atoms with Gasteiger partial charge in [0.25, 0.3) is 0 Å². The molecule has 1 amide bonds. The molecule has 3 rings (SSSR count). The van der Waals surface area contributed by atoms with Gasteiger partial charge in [-0.25, -0.2) is 9.97 Å². The van der Waals surface area contributed by atoms with Gasteiger partial charge in [-0.2, -0.15) is 0 Å². The second-order valence-corrected chi connectivity index (χ2v) is 8.06. The van der Waals surface area contributed by atoms with E-state index in [0.29, 0.717) is 15.7 Å². The third-order valence-corrected chi connectivity index (χ3v) is 6.23. The number of hydrogen-bond acceptors (Lipinski definition) is 5. The van der Waals surface area contributed by atoms with Gasteiger partial charge in [-0.05, 0) is 31.5 Å². The van der Waals surface area contributed by atoms with Crippen LogP contribution in [0.4, 0.5) is 5.69 Å². The first-order valence-electron chi connectivity index (χ1n) is 7.04. The van der Waals surface area contributed by atoms with Crippen LogP contribution < -0.4 is 5.32 Å². The Kier molecular flexibility index (Phi) is 5.30. The lowest BCUT2D eigenvalue weighted by atomic mass is 10.2. The zero-order chi connectivity index (χ0) is 17.3. The van der Waals surface area contributed by atoms with E-state index in [4.69, 9.17) is 23.2 Å². The molecule has 8 heteroatoms. The van der Waals surface area contributed by atoms with Gasteiger partial charge in [-0.1, -0.05) is 41.0 Å². The second kappa shape index (κ2) is 7.27. The van der Waals surface area contributed by atoms with Crippen LogP contribution in [-0.2, 0) is 4.79 Å². The molecule has 0 radical (unpaired) electrons. The Morgan fingerprint density at radius 3 is 2.67 bits per heavy atom. The number of rotatable bonds is 4. The number of hydrogen-bond donors (Lipinski definition) is 1. The number of benzene rings is 1. The number of halogens is 2. The Morgan fingerprint density at radius 2 is 1.96 bits per heavy atom. The first-order valence-corrected chi connectivity index (χ1v) is 9.60. The fraction of sp³-hybridized carbons (Fsp3) is 0.188. The summed E-state index contributed by atoms with van der Waals surface area (Å²) < 4.78 is 0. The number of carbonyl (C=O) groups excluding carboxylic acids is 1. The second-order valence-electron chi connectivity index (χ2n) is 5.08.